The van der Waals surface area contributed by atoms with E-state index in [1.165, 1.54) is 34.4 Å². The first-order valence-electron chi connectivity index (χ1n) is 10.3. The highest BCUT2D eigenvalue weighted by atomic mass is 32.2. The highest BCUT2D eigenvalue weighted by molar-refractivity contribution is 7.99. The number of anilines is 1. The summed E-state index contributed by atoms with van der Waals surface area (Å²) in [4.78, 5) is 27.9. The number of nitrogens with zero attached hydrogens (tertiary/aromatic N) is 2. The molecule has 0 saturated carbocycles. The van der Waals surface area contributed by atoms with E-state index in [2.05, 4.69) is 10.3 Å². The van der Waals surface area contributed by atoms with Gasteiger partial charge in [0.25, 0.3) is 0 Å². The normalized spacial score (nSPS) is 14.8. The van der Waals surface area contributed by atoms with Crippen LogP contribution in [0.3, 0.4) is 0 Å². The van der Waals surface area contributed by atoms with Crippen molar-refractivity contribution in [3.63, 3.8) is 0 Å². The number of hydrogen-bond acceptors (Lipinski definition) is 8. The van der Waals surface area contributed by atoms with E-state index >= 15 is 0 Å². The van der Waals surface area contributed by atoms with Crippen LogP contribution in [0.1, 0.15) is 12.5 Å². The number of rotatable bonds is 9. The molecule has 0 aliphatic carbocycles. The lowest BCUT2D eigenvalue weighted by Crippen LogP contribution is -2.40. The van der Waals surface area contributed by atoms with E-state index in [-0.39, 0.29) is 16.6 Å². The Morgan fingerprint density at radius 1 is 1.18 bits per heavy atom. The van der Waals surface area contributed by atoms with E-state index in [1.54, 1.807) is 43.3 Å². The Kier molecular flexibility index (Phi) is 9.01. The third-order valence-corrected chi connectivity index (χ3v) is 7.39. The highest BCUT2D eigenvalue weighted by Gasteiger charge is 2.26. The molecule has 3 rings (SSSR count). The van der Waals surface area contributed by atoms with Crippen molar-refractivity contribution in [2.24, 2.45) is 0 Å². The lowest BCUT2D eigenvalue weighted by Gasteiger charge is -2.25. The standard InChI is InChI=1S/C22H25N3O6S2/c1-2-31-22(27)10-5-17-3-6-18(7-4-17)24-20(26)16-32-21-9-8-19(15-23-21)33(28,29)25-11-13-30-14-12-25/h3-10,15H,2,11-14,16H2,1H3,(H,24,26)/b10-5+. The summed E-state index contributed by atoms with van der Waals surface area (Å²) in [7, 11) is -3.59. The molecule has 1 aromatic heterocycles. The van der Waals surface area contributed by atoms with Crippen molar-refractivity contribution in [3.8, 4) is 0 Å². The van der Waals surface area contributed by atoms with Crippen LogP contribution in [0.15, 0.2) is 58.6 Å². The number of aromatic nitrogens is 1. The van der Waals surface area contributed by atoms with Crippen molar-refractivity contribution in [3.05, 3.63) is 54.2 Å². The van der Waals surface area contributed by atoms with Crippen molar-refractivity contribution < 1.29 is 27.5 Å². The monoisotopic (exact) mass is 491 g/mol. The van der Waals surface area contributed by atoms with E-state index in [9.17, 15) is 18.0 Å². The summed E-state index contributed by atoms with van der Waals surface area (Å²) in [6.45, 7) is 3.46. The minimum atomic E-state index is -3.59. The van der Waals surface area contributed by atoms with Gasteiger partial charge in [-0.3, -0.25) is 4.79 Å². The van der Waals surface area contributed by atoms with Gasteiger partial charge in [0, 0.05) is 31.0 Å². The molecule has 9 nitrogen and oxygen atoms in total. The van der Waals surface area contributed by atoms with Crippen molar-refractivity contribution >= 4 is 45.4 Å². The Labute approximate surface area is 197 Å². The molecule has 0 spiro atoms. The zero-order valence-corrected chi connectivity index (χ0v) is 19.7. The molecule has 0 radical (unpaired) electrons. The number of esters is 1. The summed E-state index contributed by atoms with van der Waals surface area (Å²) in [5.74, 6) is -0.513. The molecule has 33 heavy (non-hydrogen) atoms. The molecular weight excluding hydrogens is 466 g/mol. The Morgan fingerprint density at radius 3 is 2.55 bits per heavy atom. The Hall–Kier alpha value is -2.73. The number of hydrogen-bond donors (Lipinski definition) is 1. The number of benzene rings is 1. The van der Waals surface area contributed by atoms with E-state index in [0.29, 0.717) is 43.6 Å². The van der Waals surface area contributed by atoms with Crippen molar-refractivity contribution in [2.75, 3.05) is 44.0 Å². The lowest BCUT2D eigenvalue weighted by molar-refractivity contribution is -0.137. The number of pyridine rings is 1. The van der Waals surface area contributed by atoms with Crippen LogP contribution >= 0.6 is 11.8 Å². The minimum absolute atomic E-state index is 0.118. The Bertz CT molecular complexity index is 1080. The third-order valence-electron chi connectivity index (χ3n) is 4.56. The number of morpholine rings is 1. The molecule has 1 aliphatic heterocycles. The fourth-order valence-corrected chi connectivity index (χ4v) is 4.91. The van der Waals surface area contributed by atoms with Crippen LogP contribution < -0.4 is 5.32 Å². The SMILES string of the molecule is CCOC(=O)/C=C/c1ccc(NC(=O)CSc2ccc(S(=O)(=O)N3CCOCC3)cn2)cc1. The second-order valence-corrected chi connectivity index (χ2v) is 9.83. The number of sulfonamides is 1. The van der Waals surface area contributed by atoms with Crippen LogP contribution in [0.2, 0.25) is 0 Å². The van der Waals surface area contributed by atoms with Crippen LogP contribution in [0.25, 0.3) is 6.08 Å². The topological polar surface area (TPSA) is 115 Å². The van der Waals surface area contributed by atoms with Gasteiger partial charge in [-0.05, 0) is 42.8 Å². The summed E-state index contributed by atoms with van der Waals surface area (Å²) in [5.41, 5.74) is 1.42. The van der Waals surface area contributed by atoms with Gasteiger partial charge in [-0.2, -0.15) is 4.31 Å². The minimum Gasteiger partial charge on any atom is -0.463 e. The highest BCUT2D eigenvalue weighted by Crippen LogP contribution is 2.21. The third kappa shape index (κ3) is 7.39. The van der Waals surface area contributed by atoms with Crippen LogP contribution in [-0.4, -0.2) is 68.2 Å². The molecular formula is C22H25N3O6S2. The number of carbonyl (C=O) groups is 2. The summed E-state index contributed by atoms with van der Waals surface area (Å²) in [6, 6.07) is 10.1. The maximum absolute atomic E-state index is 12.6. The first kappa shape index (κ1) is 24.9. The van der Waals surface area contributed by atoms with Gasteiger partial charge in [-0.15, -0.1) is 0 Å². The molecule has 1 fully saturated rings. The molecule has 2 heterocycles. The van der Waals surface area contributed by atoms with Gasteiger partial charge in [-0.1, -0.05) is 23.9 Å². The van der Waals surface area contributed by atoms with Crippen LogP contribution in [0.5, 0.6) is 0 Å². The fraction of sp³-hybridized carbons (Fsp3) is 0.318. The largest absolute Gasteiger partial charge is 0.463 e. The van der Waals surface area contributed by atoms with E-state index in [4.69, 9.17) is 9.47 Å². The van der Waals surface area contributed by atoms with E-state index in [0.717, 1.165) is 5.56 Å². The molecule has 0 atom stereocenters. The van der Waals surface area contributed by atoms with Crippen molar-refractivity contribution in [1.82, 2.24) is 9.29 Å². The maximum Gasteiger partial charge on any atom is 0.330 e. The summed E-state index contributed by atoms with van der Waals surface area (Å²) < 4.78 is 36.7. The molecule has 1 amide bonds. The smallest absolute Gasteiger partial charge is 0.330 e. The molecule has 1 N–H and O–H groups in total. The van der Waals surface area contributed by atoms with Gasteiger partial charge >= 0.3 is 5.97 Å². The second-order valence-electron chi connectivity index (χ2n) is 6.89. The number of thioether (sulfide) groups is 1. The number of ether oxygens (including phenoxy) is 2. The predicted molar refractivity (Wildman–Crippen MR) is 125 cm³/mol. The molecule has 2 aromatic rings. The molecule has 11 heteroatoms. The quantitative estimate of drug-likeness (QED) is 0.323. The second kappa shape index (κ2) is 11.9. The molecule has 0 unspecified atom stereocenters. The number of amides is 1. The number of nitrogens with one attached hydrogen (secondary N) is 1. The van der Waals surface area contributed by atoms with Crippen LogP contribution in [0, 0.1) is 0 Å². The predicted octanol–water partition coefficient (Wildman–Crippen LogP) is 2.41. The molecule has 1 saturated heterocycles. The average Bonchev–Trinajstić information content (AvgIpc) is 2.83. The van der Waals surface area contributed by atoms with Gasteiger partial charge in [0.15, 0.2) is 0 Å². The van der Waals surface area contributed by atoms with Gasteiger partial charge in [0.05, 0.1) is 30.6 Å². The van der Waals surface area contributed by atoms with Gasteiger partial charge in [0.2, 0.25) is 15.9 Å². The Balaban J connectivity index is 1.49. The lowest BCUT2D eigenvalue weighted by atomic mass is 10.2. The molecule has 0 bridgehead atoms. The molecule has 1 aliphatic rings. The Morgan fingerprint density at radius 2 is 1.91 bits per heavy atom. The van der Waals surface area contributed by atoms with Gasteiger partial charge in [-0.25, -0.2) is 18.2 Å². The van der Waals surface area contributed by atoms with Crippen molar-refractivity contribution in [1.29, 1.82) is 0 Å². The zero-order chi connectivity index (χ0) is 23.7. The molecule has 176 valence electrons. The summed E-state index contributed by atoms with van der Waals surface area (Å²) in [5, 5.41) is 3.33. The van der Waals surface area contributed by atoms with Crippen LogP contribution in [0.4, 0.5) is 5.69 Å². The molecule has 1 aromatic carbocycles. The van der Waals surface area contributed by atoms with Crippen molar-refractivity contribution in [2.45, 2.75) is 16.8 Å². The first-order valence-corrected chi connectivity index (χ1v) is 12.7. The van der Waals surface area contributed by atoms with E-state index in [1.807, 2.05) is 0 Å². The zero-order valence-electron chi connectivity index (χ0n) is 18.1. The van der Waals surface area contributed by atoms with Crippen LogP contribution in [-0.2, 0) is 29.1 Å². The maximum atomic E-state index is 12.6. The van der Waals surface area contributed by atoms with Gasteiger partial charge in [0.1, 0.15) is 4.90 Å². The summed E-state index contributed by atoms with van der Waals surface area (Å²) in [6.07, 6.45) is 4.29. The average molecular weight is 492 g/mol. The fourth-order valence-electron chi connectivity index (χ4n) is 2.91. The van der Waals surface area contributed by atoms with Gasteiger partial charge < -0.3 is 14.8 Å². The summed E-state index contributed by atoms with van der Waals surface area (Å²) >= 11 is 1.21. The number of carbonyl (C=O) groups excluding carboxylic acids is 2. The first-order chi connectivity index (χ1) is 15.9. The van der Waals surface area contributed by atoms with E-state index < -0.39 is 16.0 Å².